The molecule has 17 heavy (non-hydrogen) atoms. The lowest BCUT2D eigenvalue weighted by Gasteiger charge is -2.25. The zero-order valence-corrected chi connectivity index (χ0v) is 9.82. The Morgan fingerprint density at radius 1 is 1.24 bits per heavy atom. The fraction of sp³-hybridized carbons (Fsp3) is 0.500. The lowest BCUT2D eigenvalue weighted by atomic mass is 9.87. The van der Waals surface area contributed by atoms with Gasteiger partial charge in [0.05, 0.1) is 6.07 Å². The maximum absolute atomic E-state index is 13.4. The fourth-order valence-corrected chi connectivity index (χ4v) is 2.32. The van der Waals surface area contributed by atoms with Crippen LogP contribution in [0.2, 0.25) is 0 Å². The molecule has 1 fully saturated rings. The normalized spacial score (nSPS) is 24.2. The summed E-state index contributed by atoms with van der Waals surface area (Å²) in [4.78, 5) is 0. The molecule has 90 valence electrons. The Morgan fingerprint density at radius 2 is 1.94 bits per heavy atom. The number of nitrogens with zero attached hydrogens (tertiary/aromatic N) is 1. The Morgan fingerprint density at radius 3 is 2.59 bits per heavy atom. The molecule has 0 amide bonds. The Balaban J connectivity index is 1.80. The summed E-state index contributed by atoms with van der Waals surface area (Å²) in [6.07, 6.45) is 3.97. The van der Waals surface area contributed by atoms with Crippen molar-refractivity contribution in [2.75, 3.05) is 0 Å². The Kier molecular flexibility index (Phi) is 4.11. The molecular formula is C14H17FN2. The van der Waals surface area contributed by atoms with Crippen LogP contribution in [0.25, 0.3) is 0 Å². The summed E-state index contributed by atoms with van der Waals surface area (Å²) in [5.74, 6) is 0.0761. The Bertz CT molecular complexity index is 403. The van der Waals surface area contributed by atoms with Crippen LogP contribution in [0.1, 0.15) is 31.2 Å². The molecule has 0 atom stereocenters. The van der Waals surface area contributed by atoms with Gasteiger partial charge in [0.2, 0.25) is 0 Å². The molecule has 1 aliphatic rings. The van der Waals surface area contributed by atoms with Crippen LogP contribution in [0.15, 0.2) is 24.3 Å². The van der Waals surface area contributed by atoms with Gasteiger partial charge in [0.1, 0.15) is 5.82 Å². The third-order valence-corrected chi connectivity index (χ3v) is 3.45. The predicted octanol–water partition coefficient (Wildman–Crippen LogP) is 3.00. The van der Waals surface area contributed by atoms with Crippen LogP contribution in [0, 0.1) is 23.1 Å². The highest BCUT2D eigenvalue weighted by atomic mass is 19.1. The van der Waals surface area contributed by atoms with Crippen molar-refractivity contribution in [1.29, 1.82) is 5.26 Å². The number of benzene rings is 1. The number of nitrogens with one attached hydrogen (secondary N) is 1. The third kappa shape index (κ3) is 3.28. The monoisotopic (exact) mass is 232 g/mol. The summed E-state index contributed by atoms with van der Waals surface area (Å²) in [5, 5.41) is 12.2. The molecule has 0 aromatic heterocycles. The number of rotatable bonds is 3. The van der Waals surface area contributed by atoms with Crippen LogP contribution in [0.4, 0.5) is 4.39 Å². The van der Waals surface area contributed by atoms with Gasteiger partial charge >= 0.3 is 0 Å². The maximum Gasteiger partial charge on any atom is 0.127 e. The van der Waals surface area contributed by atoms with Crippen LogP contribution in [0.3, 0.4) is 0 Å². The molecule has 3 heteroatoms. The highest BCUT2D eigenvalue weighted by molar-refractivity contribution is 5.17. The number of halogens is 1. The molecule has 0 spiro atoms. The minimum absolute atomic E-state index is 0.147. The summed E-state index contributed by atoms with van der Waals surface area (Å²) >= 11 is 0. The fourth-order valence-electron chi connectivity index (χ4n) is 2.32. The van der Waals surface area contributed by atoms with E-state index in [1.807, 2.05) is 12.1 Å². The zero-order valence-electron chi connectivity index (χ0n) is 9.82. The van der Waals surface area contributed by atoms with Gasteiger partial charge in [-0.15, -0.1) is 0 Å². The van der Waals surface area contributed by atoms with Crippen molar-refractivity contribution in [1.82, 2.24) is 5.32 Å². The van der Waals surface area contributed by atoms with Gasteiger partial charge in [-0.3, -0.25) is 0 Å². The molecule has 0 saturated heterocycles. The minimum Gasteiger partial charge on any atom is -0.310 e. The van der Waals surface area contributed by atoms with Crippen molar-refractivity contribution < 1.29 is 4.39 Å². The molecule has 0 aliphatic heterocycles. The van der Waals surface area contributed by atoms with Gasteiger partial charge in [-0.25, -0.2) is 4.39 Å². The highest BCUT2D eigenvalue weighted by Crippen LogP contribution is 2.23. The molecule has 2 nitrogen and oxygen atoms in total. The Hall–Kier alpha value is -1.40. The topological polar surface area (TPSA) is 35.8 Å². The first kappa shape index (κ1) is 12.1. The van der Waals surface area contributed by atoms with E-state index < -0.39 is 0 Å². The van der Waals surface area contributed by atoms with Crippen LogP contribution in [-0.4, -0.2) is 6.04 Å². The minimum atomic E-state index is -0.147. The summed E-state index contributed by atoms with van der Waals surface area (Å²) in [6.45, 7) is 0.578. The molecule has 1 N–H and O–H groups in total. The van der Waals surface area contributed by atoms with E-state index >= 15 is 0 Å². The summed E-state index contributed by atoms with van der Waals surface area (Å²) in [5.41, 5.74) is 0.718. The first-order chi connectivity index (χ1) is 8.29. The average Bonchev–Trinajstić information content (AvgIpc) is 2.38. The van der Waals surface area contributed by atoms with Gasteiger partial charge in [0.25, 0.3) is 0 Å². The van der Waals surface area contributed by atoms with E-state index in [1.54, 1.807) is 6.07 Å². The molecule has 2 rings (SSSR count). The standard InChI is InChI=1S/C14H17FN2/c15-14-4-2-1-3-12(14)10-17-13-7-5-11(9-16)6-8-13/h1-4,11,13,17H,5-8,10H2. The van der Waals surface area contributed by atoms with E-state index in [0.29, 0.717) is 12.6 Å². The van der Waals surface area contributed by atoms with E-state index in [1.165, 1.54) is 6.07 Å². The molecular weight excluding hydrogens is 215 g/mol. The maximum atomic E-state index is 13.4. The number of hydrogen-bond acceptors (Lipinski definition) is 2. The van der Waals surface area contributed by atoms with E-state index in [4.69, 9.17) is 5.26 Å². The Labute approximate surface area is 101 Å². The van der Waals surface area contributed by atoms with Crippen molar-refractivity contribution in [3.8, 4) is 6.07 Å². The summed E-state index contributed by atoms with van der Waals surface area (Å²) < 4.78 is 13.4. The van der Waals surface area contributed by atoms with Crippen molar-refractivity contribution >= 4 is 0 Å². The molecule has 0 heterocycles. The first-order valence-electron chi connectivity index (χ1n) is 6.16. The van der Waals surface area contributed by atoms with E-state index in [2.05, 4.69) is 11.4 Å². The lowest BCUT2D eigenvalue weighted by Crippen LogP contribution is -2.32. The number of nitriles is 1. The quantitative estimate of drug-likeness (QED) is 0.869. The molecule has 1 saturated carbocycles. The average molecular weight is 232 g/mol. The summed E-state index contributed by atoms with van der Waals surface area (Å²) in [7, 11) is 0. The van der Waals surface area contributed by atoms with Crippen molar-refractivity contribution in [2.24, 2.45) is 5.92 Å². The molecule has 0 bridgehead atoms. The van der Waals surface area contributed by atoms with Gasteiger partial charge < -0.3 is 5.32 Å². The molecule has 0 radical (unpaired) electrons. The van der Waals surface area contributed by atoms with Gasteiger partial charge in [0, 0.05) is 24.1 Å². The van der Waals surface area contributed by atoms with Gasteiger partial charge in [0.15, 0.2) is 0 Å². The smallest absolute Gasteiger partial charge is 0.127 e. The van der Waals surface area contributed by atoms with Crippen LogP contribution in [-0.2, 0) is 6.54 Å². The van der Waals surface area contributed by atoms with E-state index in [9.17, 15) is 4.39 Å². The van der Waals surface area contributed by atoms with E-state index in [-0.39, 0.29) is 11.7 Å². The van der Waals surface area contributed by atoms with Crippen LogP contribution < -0.4 is 5.32 Å². The predicted molar refractivity (Wildman–Crippen MR) is 64.6 cm³/mol. The van der Waals surface area contributed by atoms with E-state index in [0.717, 1.165) is 31.2 Å². The molecule has 1 aromatic carbocycles. The van der Waals surface area contributed by atoms with Gasteiger partial charge in [-0.2, -0.15) is 5.26 Å². The van der Waals surface area contributed by atoms with Crippen molar-refractivity contribution in [3.05, 3.63) is 35.6 Å². The SMILES string of the molecule is N#CC1CCC(NCc2ccccc2F)CC1. The van der Waals surface area contributed by atoms with Gasteiger partial charge in [-0.1, -0.05) is 18.2 Å². The molecule has 1 aromatic rings. The second kappa shape index (κ2) is 5.79. The summed E-state index contributed by atoms with van der Waals surface area (Å²) in [6, 6.07) is 9.61. The second-order valence-electron chi connectivity index (χ2n) is 4.65. The highest BCUT2D eigenvalue weighted by Gasteiger charge is 2.20. The second-order valence-corrected chi connectivity index (χ2v) is 4.65. The molecule has 1 aliphatic carbocycles. The number of hydrogen-bond donors (Lipinski definition) is 1. The molecule has 0 unspecified atom stereocenters. The van der Waals surface area contributed by atoms with Crippen LogP contribution >= 0.6 is 0 Å². The largest absolute Gasteiger partial charge is 0.310 e. The van der Waals surface area contributed by atoms with Crippen molar-refractivity contribution in [3.63, 3.8) is 0 Å². The van der Waals surface area contributed by atoms with Crippen LogP contribution in [0.5, 0.6) is 0 Å². The first-order valence-corrected chi connectivity index (χ1v) is 6.16. The lowest BCUT2D eigenvalue weighted by molar-refractivity contribution is 0.330. The zero-order chi connectivity index (χ0) is 12.1. The van der Waals surface area contributed by atoms with Crippen molar-refractivity contribution in [2.45, 2.75) is 38.3 Å². The van der Waals surface area contributed by atoms with Gasteiger partial charge in [-0.05, 0) is 31.7 Å². The third-order valence-electron chi connectivity index (χ3n) is 3.45.